The highest BCUT2D eigenvalue weighted by Gasteiger charge is 2.00. The van der Waals surface area contributed by atoms with E-state index in [-0.39, 0.29) is 0 Å². The molecule has 0 fully saturated rings. The number of nitrogens with two attached hydrogens (primary N) is 1. The zero-order chi connectivity index (χ0) is 11.8. The van der Waals surface area contributed by atoms with Crippen molar-refractivity contribution in [3.8, 4) is 5.88 Å². The summed E-state index contributed by atoms with van der Waals surface area (Å²) in [6.45, 7) is 0.436. The number of hydrogen-bond donors (Lipinski definition) is 1. The number of aromatic nitrogens is 1. The number of methoxy groups -OCH3 is 1. The van der Waals surface area contributed by atoms with Crippen LogP contribution in [0.25, 0.3) is 16.5 Å². The van der Waals surface area contributed by atoms with E-state index in [1.54, 1.807) is 13.2 Å². The number of azide groups is 1. The second kappa shape index (κ2) is 6.31. The molecule has 0 atom stereocenters. The van der Waals surface area contributed by atoms with Gasteiger partial charge in [-0.1, -0.05) is 17.3 Å². The third kappa shape index (κ3) is 3.51. The molecule has 0 aliphatic carbocycles. The molecule has 6 heteroatoms. The van der Waals surface area contributed by atoms with Crippen molar-refractivity contribution in [3.05, 3.63) is 34.3 Å². The molecule has 0 unspecified atom stereocenters. The summed E-state index contributed by atoms with van der Waals surface area (Å²) in [4.78, 5) is 6.69. The van der Waals surface area contributed by atoms with Gasteiger partial charge in [-0.15, -0.1) is 0 Å². The van der Waals surface area contributed by atoms with Crippen LogP contribution in [0.3, 0.4) is 0 Å². The predicted molar refractivity (Wildman–Crippen MR) is 62.9 cm³/mol. The molecule has 1 aromatic heterocycles. The van der Waals surface area contributed by atoms with Gasteiger partial charge < -0.3 is 10.5 Å². The molecule has 0 amide bonds. The van der Waals surface area contributed by atoms with E-state index in [1.807, 2.05) is 12.2 Å². The van der Waals surface area contributed by atoms with Gasteiger partial charge in [0.15, 0.2) is 0 Å². The molecule has 0 bridgehead atoms. The normalized spacial score (nSPS) is 10.1. The Balaban J connectivity index is 2.71. The van der Waals surface area contributed by atoms with Crippen LogP contribution >= 0.6 is 0 Å². The maximum atomic E-state index is 8.09. The molecule has 6 nitrogen and oxygen atoms in total. The van der Waals surface area contributed by atoms with Crippen molar-refractivity contribution in [2.24, 2.45) is 5.11 Å². The number of rotatable bonds is 5. The molecular weight excluding hydrogens is 206 g/mol. The average Bonchev–Trinajstić information content (AvgIpc) is 2.29. The molecule has 1 aromatic rings. The molecule has 0 aliphatic heterocycles. The third-order valence-electron chi connectivity index (χ3n) is 1.85. The topological polar surface area (TPSA) is 96.9 Å². The van der Waals surface area contributed by atoms with Crippen LogP contribution in [0, 0.1) is 0 Å². The van der Waals surface area contributed by atoms with Gasteiger partial charge in [0, 0.05) is 17.0 Å². The van der Waals surface area contributed by atoms with Crippen molar-refractivity contribution in [1.82, 2.24) is 4.98 Å². The lowest BCUT2D eigenvalue weighted by atomic mass is 10.2. The van der Waals surface area contributed by atoms with Gasteiger partial charge in [0.05, 0.1) is 19.0 Å². The Hall–Kier alpha value is -2.20. The molecule has 0 saturated heterocycles. The van der Waals surface area contributed by atoms with Crippen molar-refractivity contribution in [2.75, 3.05) is 19.4 Å². The Kier molecular flexibility index (Phi) is 4.69. The van der Waals surface area contributed by atoms with Crippen LogP contribution in [0.2, 0.25) is 0 Å². The molecule has 84 valence electrons. The highest BCUT2D eigenvalue weighted by atomic mass is 16.5. The molecule has 0 spiro atoms. The molecule has 1 heterocycles. The summed E-state index contributed by atoms with van der Waals surface area (Å²) in [6, 6.07) is 1.77. The molecule has 0 saturated carbocycles. The van der Waals surface area contributed by atoms with Crippen LogP contribution in [0.5, 0.6) is 5.88 Å². The van der Waals surface area contributed by atoms with Crippen LogP contribution < -0.4 is 10.5 Å². The monoisotopic (exact) mass is 219 g/mol. The first kappa shape index (κ1) is 11.9. The fraction of sp³-hybridized carbons (Fsp3) is 0.300. The summed E-state index contributed by atoms with van der Waals surface area (Å²) < 4.78 is 5.08. The van der Waals surface area contributed by atoms with E-state index >= 15 is 0 Å². The maximum Gasteiger partial charge on any atom is 0.220 e. The molecular formula is C10H13N5O. The van der Waals surface area contributed by atoms with Gasteiger partial charge in [-0.2, -0.15) is 0 Å². The summed E-state index contributed by atoms with van der Waals surface area (Å²) in [5, 5.41) is 3.42. The molecule has 2 N–H and O–H groups in total. The smallest absolute Gasteiger partial charge is 0.220 e. The molecule has 0 radical (unpaired) electrons. The van der Waals surface area contributed by atoms with E-state index in [9.17, 15) is 0 Å². The fourth-order valence-corrected chi connectivity index (χ4v) is 1.16. The zero-order valence-corrected chi connectivity index (χ0v) is 9.00. The van der Waals surface area contributed by atoms with E-state index in [0.717, 1.165) is 5.56 Å². The van der Waals surface area contributed by atoms with Crippen LogP contribution in [-0.2, 0) is 0 Å². The van der Waals surface area contributed by atoms with Crippen LogP contribution in [0.4, 0.5) is 5.69 Å². The minimum atomic E-state index is 0.436. The Morgan fingerprint density at radius 3 is 3.19 bits per heavy atom. The van der Waals surface area contributed by atoms with Gasteiger partial charge in [-0.05, 0) is 18.0 Å². The first-order valence-corrected chi connectivity index (χ1v) is 4.75. The van der Waals surface area contributed by atoms with Gasteiger partial charge in [-0.3, -0.25) is 0 Å². The van der Waals surface area contributed by atoms with Crippen molar-refractivity contribution in [3.63, 3.8) is 0 Å². The van der Waals surface area contributed by atoms with Crippen molar-refractivity contribution >= 4 is 11.8 Å². The molecule has 16 heavy (non-hydrogen) atoms. The first-order chi connectivity index (χ1) is 7.77. The standard InChI is InChI=1S/C10H13N5O/c1-16-10-8(6-9(11)7-13-10)4-2-3-5-14-15-12/h2,4,6-7H,3,5,11H2,1H3. The Labute approximate surface area is 93.4 Å². The molecule has 1 rings (SSSR count). The quantitative estimate of drug-likeness (QED) is 0.356. The Morgan fingerprint density at radius 1 is 1.69 bits per heavy atom. The highest BCUT2D eigenvalue weighted by Crippen LogP contribution is 2.19. The van der Waals surface area contributed by atoms with E-state index < -0.39 is 0 Å². The maximum absolute atomic E-state index is 8.09. The first-order valence-electron chi connectivity index (χ1n) is 4.75. The molecule has 0 aliphatic rings. The minimum absolute atomic E-state index is 0.436. The van der Waals surface area contributed by atoms with Crippen molar-refractivity contribution in [1.29, 1.82) is 0 Å². The van der Waals surface area contributed by atoms with Gasteiger partial charge >= 0.3 is 0 Å². The fourth-order valence-electron chi connectivity index (χ4n) is 1.16. The lowest BCUT2D eigenvalue weighted by molar-refractivity contribution is 0.397. The zero-order valence-electron chi connectivity index (χ0n) is 9.00. The SMILES string of the molecule is COc1ncc(N)cc1C=CCCN=[N+]=[N-]. The van der Waals surface area contributed by atoms with Crippen molar-refractivity contribution < 1.29 is 4.74 Å². The van der Waals surface area contributed by atoms with Crippen LogP contribution in [-0.4, -0.2) is 18.6 Å². The summed E-state index contributed by atoms with van der Waals surface area (Å²) in [7, 11) is 1.55. The van der Waals surface area contributed by atoms with E-state index in [1.165, 1.54) is 6.20 Å². The lowest BCUT2D eigenvalue weighted by Gasteiger charge is -2.03. The van der Waals surface area contributed by atoms with Crippen molar-refractivity contribution in [2.45, 2.75) is 6.42 Å². The summed E-state index contributed by atoms with van der Waals surface area (Å²) in [5.74, 6) is 0.522. The van der Waals surface area contributed by atoms with E-state index in [4.69, 9.17) is 16.0 Å². The Morgan fingerprint density at radius 2 is 2.50 bits per heavy atom. The largest absolute Gasteiger partial charge is 0.481 e. The third-order valence-corrected chi connectivity index (χ3v) is 1.85. The lowest BCUT2D eigenvalue weighted by Crippen LogP contribution is -1.94. The average molecular weight is 219 g/mol. The predicted octanol–water partition coefficient (Wildman–Crippen LogP) is 2.39. The van der Waals surface area contributed by atoms with E-state index in [0.29, 0.717) is 24.5 Å². The van der Waals surface area contributed by atoms with Crippen LogP contribution in [0.15, 0.2) is 23.5 Å². The van der Waals surface area contributed by atoms with Crippen LogP contribution in [0.1, 0.15) is 12.0 Å². The number of ether oxygens (including phenoxy) is 1. The van der Waals surface area contributed by atoms with Gasteiger partial charge in [0.1, 0.15) is 0 Å². The number of nitrogen functional groups attached to an aromatic ring is 1. The van der Waals surface area contributed by atoms with E-state index in [2.05, 4.69) is 15.0 Å². The summed E-state index contributed by atoms with van der Waals surface area (Å²) in [6.07, 6.45) is 5.93. The van der Waals surface area contributed by atoms with Gasteiger partial charge in [0.25, 0.3) is 0 Å². The second-order valence-electron chi connectivity index (χ2n) is 3.01. The summed E-state index contributed by atoms with van der Waals surface area (Å²) >= 11 is 0. The van der Waals surface area contributed by atoms with Gasteiger partial charge in [-0.25, -0.2) is 4.98 Å². The summed E-state index contributed by atoms with van der Waals surface area (Å²) in [5.41, 5.74) is 15.1. The Bertz CT molecular complexity index is 423. The minimum Gasteiger partial charge on any atom is -0.481 e. The highest BCUT2D eigenvalue weighted by molar-refractivity contribution is 5.59. The number of hydrogen-bond acceptors (Lipinski definition) is 4. The number of nitrogens with zero attached hydrogens (tertiary/aromatic N) is 4. The van der Waals surface area contributed by atoms with Gasteiger partial charge in [0.2, 0.25) is 5.88 Å². The number of pyridine rings is 1. The second-order valence-corrected chi connectivity index (χ2v) is 3.01. The molecule has 0 aromatic carbocycles. The number of anilines is 1.